The second-order valence-corrected chi connectivity index (χ2v) is 11.0. The van der Waals surface area contributed by atoms with Gasteiger partial charge in [-0.2, -0.15) is 4.31 Å². The van der Waals surface area contributed by atoms with Gasteiger partial charge in [0.05, 0.1) is 37.5 Å². The van der Waals surface area contributed by atoms with Crippen molar-refractivity contribution in [2.24, 2.45) is 0 Å². The molecule has 3 aromatic carbocycles. The number of sulfonamides is 1. The van der Waals surface area contributed by atoms with Crippen molar-refractivity contribution < 1.29 is 37.0 Å². The smallest absolute Gasteiger partial charge is 0.265 e. The average molecular weight is 568 g/mol. The topological polar surface area (TPSA) is 124 Å². The van der Waals surface area contributed by atoms with Gasteiger partial charge in [-0.3, -0.25) is 9.59 Å². The Kier molecular flexibility index (Phi) is 8.19. The number of nitrogens with zero attached hydrogens (tertiary/aromatic N) is 2. The van der Waals surface area contributed by atoms with Crippen molar-refractivity contribution in [2.75, 3.05) is 63.4 Å². The maximum absolute atomic E-state index is 12.9. The lowest BCUT2D eigenvalue weighted by Crippen LogP contribution is -2.41. The first-order valence-corrected chi connectivity index (χ1v) is 14.1. The summed E-state index contributed by atoms with van der Waals surface area (Å²) >= 11 is 0. The van der Waals surface area contributed by atoms with Crippen LogP contribution >= 0.6 is 0 Å². The van der Waals surface area contributed by atoms with Crippen LogP contribution in [0.3, 0.4) is 0 Å². The van der Waals surface area contributed by atoms with Gasteiger partial charge in [-0.05, 0) is 66.7 Å². The Hall–Kier alpha value is -4.13. The molecule has 0 saturated carbocycles. The number of hydrogen-bond donors (Lipinski definition) is 1. The molecular weight excluding hydrogens is 538 g/mol. The molecule has 11 nitrogen and oxygen atoms in total. The zero-order valence-corrected chi connectivity index (χ0v) is 22.7. The van der Waals surface area contributed by atoms with E-state index in [1.807, 2.05) is 0 Å². The number of carbonyl (C=O) groups is 2. The third-order valence-electron chi connectivity index (χ3n) is 6.53. The molecule has 0 unspecified atom stereocenters. The van der Waals surface area contributed by atoms with Crippen molar-refractivity contribution in [3.63, 3.8) is 0 Å². The molecule has 3 aromatic rings. The Morgan fingerprint density at radius 2 is 1.68 bits per heavy atom. The fourth-order valence-corrected chi connectivity index (χ4v) is 5.78. The number of hydrogen-bond acceptors (Lipinski definition) is 8. The zero-order valence-electron chi connectivity index (χ0n) is 21.9. The van der Waals surface area contributed by atoms with Crippen LogP contribution in [0.25, 0.3) is 0 Å². The van der Waals surface area contributed by atoms with E-state index in [1.165, 1.54) is 28.6 Å². The number of rotatable bonds is 9. The maximum atomic E-state index is 12.9. The summed E-state index contributed by atoms with van der Waals surface area (Å²) in [6, 6.07) is 17.9. The highest BCUT2D eigenvalue weighted by atomic mass is 32.2. The molecule has 210 valence electrons. The summed E-state index contributed by atoms with van der Waals surface area (Å²) in [4.78, 5) is 27.3. The molecule has 1 N–H and O–H groups in total. The fraction of sp³-hybridized carbons (Fsp3) is 0.286. The summed E-state index contributed by atoms with van der Waals surface area (Å²) in [5, 5.41) is 2.81. The second-order valence-electron chi connectivity index (χ2n) is 9.04. The van der Waals surface area contributed by atoms with Crippen LogP contribution in [-0.4, -0.2) is 77.7 Å². The molecule has 2 amide bonds. The van der Waals surface area contributed by atoms with Crippen LogP contribution in [0.5, 0.6) is 17.2 Å². The first-order chi connectivity index (χ1) is 19.3. The lowest BCUT2D eigenvalue weighted by molar-refractivity contribution is -0.121. The molecular formula is C28H29N3O8S. The van der Waals surface area contributed by atoms with Crippen LogP contribution in [0.15, 0.2) is 71.6 Å². The van der Waals surface area contributed by atoms with Gasteiger partial charge in [0.2, 0.25) is 10.0 Å². The SMILES string of the molecule is COc1ccc(OCCN2C(=O)COc3ccc(NC(=O)c4ccc(S(=O)(=O)N5CCOCC5)cc4)cc32)cc1. The summed E-state index contributed by atoms with van der Waals surface area (Å²) in [6.45, 7) is 1.71. The molecule has 5 rings (SSSR count). The van der Waals surface area contributed by atoms with E-state index in [0.29, 0.717) is 54.9 Å². The number of carbonyl (C=O) groups excluding carboxylic acids is 2. The third kappa shape index (κ3) is 6.03. The molecule has 0 aliphatic carbocycles. The quantitative estimate of drug-likeness (QED) is 0.419. The Morgan fingerprint density at radius 3 is 2.38 bits per heavy atom. The van der Waals surface area contributed by atoms with Crippen molar-refractivity contribution in [3.8, 4) is 17.2 Å². The van der Waals surface area contributed by atoms with Crippen molar-refractivity contribution in [3.05, 3.63) is 72.3 Å². The monoisotopic (exact) mass is 567 g/mol. The maximum Gasteiger partial charge on any atom is 0.265 e. The molecule has 0 spiro atoms. The van der Waals surface area contributed by atoms with E-state index in [1.54, 1.807) is 54.5 Å². The van der Waals surface area contributed by atoms with E-state index in [4.69, 9.17) is 18.9 Å². The highest BCUT2D eigenvalue weighted by molar-refractivity contribution is 7.89. The Balaban J connectivity index is 1.25. The van der Waals surface area contributed by atoms with Gasteiger partial charge in [0.1, 0.15) is 23.9 Å². The lowest BCUT2D eigenvalue weighted by Gasteiger charge is -2.29. The van der Waals surface area contributed by atoms with E-state index in [0.717, 1.165) is 0 Å². The Labute approximate surface area is 232 Å². The van der Waals surface area contributed by atoms with Gasteiger partial charge in [0.15, 0.2) is 6.61 Å². The summed E-state index contributed by atoms with van der Waals surface area (Å²) in [5.41, 5.74) is 1.25. The number of anilines is 2. The standard InChI is InChI=1S/C28H29N3O8S/c1-36-22-5-7-23(8-6-22)38-17-14-31-25-18-21(4-11-26(25)39-19-27(31)32)29-28(33)20-2-9-24(10-3-20)40(34,35)30-12-15-37-16-13-30/h2-11,18H,12-17,19H2,1H3,(H,29,33). The minimum Gasteiger partial charge on any atom is -0.497 e. The molecule has 0 aromatic heterocycles. The highest BCUT2D eigenvalue weighted by Gasteiger charge is 2.27. The first-order valence-electron chi connectivity index (χ1n) is 12.7. The number of amides is 2. The first kappa shape index (κ1) is 27.4. The van der Waals surface area contributed by atoms with Gasteiger partial charge < -0.3 is 29.2 Å². The van der Waals surface area contributed by atoms with E-state index in [-0.39, 0.29) is 36.1 Å². The van der Waals surface area contributed by atoms with Crippen LogP contribution in [0, 0.1) is 0 Å². The predicted molar refractivity (Wildman–Crippen MR) is 147 cm³/mol. The molecule has 0 bridgehead atoms. The Morgan fingerprint density at radius 1 is 0.975 bits per heavy atom. The summed E-state index contributed by atoms with van der Waals surface area (Å²) < 4.78 is 48.8. The van der Waals surface area contributed by atoms with E-state index in [2.05, 4.69) is 5.32 Å². The van der Waals surface area contributed by atoms with Crippen molar-refractivity contribution in [2.45, 2.75) is 4.90 Å². The molecule has 0 radical (unpaired) electrons. The van der Waals surface area contributed by atoms with Gasteiger partial charge in [0, 0.05) is 24.3 Å². The van der Waals surface area contributed by atoms with Gasteiger partial charge in [-0.25, -0.2) is 8.42 Å². The number of methoxy groups -OCH3 is 1. The van der Waals surface area contributed by atoms with E-state index in [9.17, 15) is 18.0 Å². The predicted octanol–water partition coefficient (Wildman–Crippen LogP) is 2.77. The van der Waals surface area contributed by atoms with Gasteiger partial charge in [-0.1, -0.05) is 0 Å². The van der Waals surface area contributed by atoms with Gasteiger partial charge in [-0.15, -0.1) is 0 Å². The van der Waals surface area contributed by atoms with E-state index < -0.39 is 15.9 Å². The number of morpholine rings is 1. The van der Waals surface area contributed by atoms with Crippen molar-refractivity contribution in [1.82, 2.24) is 4.31 Å². The molecule has 1 saturated heterocycles. The minimum atomic E-state index is -3.66. The average Bonchev–Trinajstić information content (AvgIpc) is 2.99. The van der Waals surface area contributed by atoms with Crippen molar-refractivity contribution in [1.29, 1.82) is 0 Å². The fourth-order valence-electron chi connectivity index (χ4n) is 4.37. The summed E-state index contributed by atoms with van der Waals surface area (Å²) in [5.74, 6) is 1.22. The van der Waals surface area contributed by atoms with Crippen LogP contribution in [0.4, 0.5) is 11.4 Å². The second kappa shape index (κ2) is 11.9. The summed E-state index contributed by atoms with van der Waals surface area (Å²) in [6.07, 6.45) is 0. The molecule has 0 atom stereocenters. The van der Waals surface area contributed by atoms with Crippen LogP contribution < -0.4 is 24.4 Å². The van der Waals surface area contributed by atoms with Crippen LogP contribution in [0.2, 0.25) is 0 Å². The zero-order chi connectivity index (χ0) is 28.1. The molecule has 2 heterocycles. The molecule has 2 aliphatic rings. The van der Waals surface area contributed by atoms with Crippen LogP contribution in [-0.2, 0) is 19.6 Å². The number of ether oxygens (including phenoxy) is 4. The largest absolute Gasteiger partial charge is 0.497 e. The van der Waals surface area contributed by atoms with Gasteiger partial charge in [0.25, 0.3) is 11.8 Å². The van der Waals surface area contributed by atoms with Crippen molar-refractivity contribution >= 4 is 33.2 Å². The molecule has 12 heteroatoms. The molecule has 2 aliphatic heterocycles. The Bertz CT molecular complexity index is 1470. The van der Waals surface area contributed by atoms with E-state index >= 15 is 0 Å². The lowest BCUT2D eigenvalue weighted by atomic mass is 10.1. The number of benzene rings is 3. The number of nitrogens with one attached hydrogen (secondary N) is 1. The summed E-state index contributed by atoms with van der Waals surface area (Å²) in [7, 11) is -2.07. The highest BCUT2D eigenvalue weighted by Crippen LogP contribution is 2.34. The molecule has 40 heavy (non-hydrogen) atoms. The normalized spacial score (nSPS) is 15.6. The number of fused-ring (bicyclic) bond motifs is 1. The van der Waals surface area contributed by atoms with Gasteiger partial charge >= 0.3 is 0 Å². The molecule has 1 fully saturated rings. The minimum absolute atomic E-state index is 0.0963. The third-order valence-corrected chi connectivity index (χ3v) is 8.44. The van der Waals surface area contributed by atoms with Crippen LogP contribution in [0.1, 0.15) is 10.4 Å².